The van der Waals surface area contributed by atoms with Crippen molar-refractivity contribution in [3.05, 3.63) is 96.1 Å². The third-order valence-corrected chi connectivity index (χ3v) is 5.14. The number of nitrogens with one attached hydrogen (secondary N) is 2. The van der Waals surface area contributed by atoms with Crippen molar-refractivity contribution < 1.29 is 14.3 Å². The number of hydrogen-bond donors (Lipinski definition) is 2. The fraction of sp³-hybridized carbons (Fsp3) is 0.115. The van der Waals surface area contributed by atoms with E-state index in [2.05, 4.69) is 15.6 Å². The van der Waals surface area contributed by atoms with Gasteiger partial charge in [-0.2, -0.15) is 0 Å². The molecule has 2 N–H and O–H groups in total. The molecule has 7 heteroatoms. The summed E-state index contributed by atoms with van der Waals surface area (Å²) < 4.78 is 5.18. The smallest absolute Gasteiger partial charge is 0.324 e. The Morgan fingerprint density at radius 2 is 1.64 bits per heavy atom. The van der Waals surface area contributed by atoms with Gasteiger partial charge < -0.3 is 15.0 Å². The molecule has 0 saturated heterocycles. The Labute approximate surface area is 192 Å². The van der Waals surface area contributed by atoms with Gasteiger partial charge in [-0.1, -0.05) is 36.4 Å². The average Bonchev–Trinajstić information content (AvgIpc) is 2.84. The molecule has 0 aliphatic rings. The minimum atomic E-state index is -0.389. The maximum Gasteiger partial charge on any atom is 0.324 e. The third-order valence-electron chi connectivity index (χ3n) is 5.14. The number of hydrogen-bond acceptors (Lipinski definition) is 4. The second kappa shape index (κ2) is 9.82. The summed E-state index contributed by atoms with van der Waals surface area (Å²) in [5.74, 6) is 1.05. The van der Waals surface area contributed by atoms with Crippen LogP contribution in [0.25, 0.3) is 10.9 Å². The number of ether oxygens (including phenoxy) is 1. The van der Waals surface area contributed by atoms with Crippen LogP contribution in [0.3, 0.4) is 0 Å². The zero-order valence-corrected chi connectivity index (χ0v) is 18.4. The first kappa shape index (κ1) is 21.8. The molecule has 4 rings (SSSR count). The highest BCUT2D eigenvalue weighted by Crippen LogP contribution is 2.19. The quantitative estimate of drug-likeness (QED) is 0.434. The Kier molecular flexibility index (Phi) is 6.50. The first-order valence-corrected chi connectivity index (χ1v) is 10.4. The van der Waals surface area contributed by atoms with Crippen LogP contribution < -0.4 is 15.4 Å². The number of carbonyl (C=O) groups is 2. The van der Waals surface area contributed by atoms with Crippen molar-refractivity contribution in [1.29, 1.82) is 0 Å². The lowest BCUT2D eigenvalue weighted by atomic mass is 10.1. The molecule has 7 nitrogen and oxygen atoms in total. The fourth-order valence-electron chi connectivity index (χ4n) is 3.42. The molecule has 0 atom stereocenters. The van der Waals surface area contributed by atoms with E-state index in [1.54, 1.807) is 49.4 Å². The number of pyridine rings is 1. The van der Waals surface area contributed by atoms with E-state index in [9.17, 15) is 9.59 Å². The van der Waals surface area contributed by atoms with Gasteiger partial charge >= 0.3 is 6.03 Å². The molecule has 1 heterocycles. The van der Waals surface area contributed by atoms with Gasteiger partial charge in [0.2, 0.25) is 0 Å². The topological polar surface area (TPSA) is 83.6 Å². The largest absolute Gasteiger partial charge is 0.497 e. The molecule has 0 spiro atoms. The number of aromatic nitrogens is 1. The van der Waals surface area contributed by atoms with E-state index in [1.165, 1.54) is 0 Å². The number of fused-ring (bicyclic) bond motifs is 1. The molecule has 1 aromatic heterocycles. The molecule has 3 amide bonds. The molecule has 0 fully saturated rings. The van der Waals surface area contributed by atoms with E-state index < -0.39 is 0 Å². The first-order valence-electron chi connectivity index (χ1n) is 10.4. The van der Waals surface area contributed by atoms with E-state index in [1.807, 2.05) is 54.6 Å². The zero-order valence-electron chi connectivity index (χ0n) is 18.4. The lowest BCUT2D eigenvalue weighted by molar-refractivity contribution is 0.0785. The predicted molar refractivity (Wildman–Crippen MR) is 130 cm³/mol. The van der Waals surface area contributed by atoms with Crippen LogP contribution in [0.4, 0.5) is 16.3 Å². The Hall–Kier alpha value is -4.39. The van der Waals surface area contributed by atoms with E-state index in [-0.39, 0.29) is 11.9 Å². The highest BCUT2D eigenvalue weighted by molar-refractivity contribution is 6.01. The minimum Gasteiger partial charge on any atom is -0.497 e. The normalized spacial score (nSPS) is 10.5. The van der Waals surface area contributed by atoms with Gasteiger partial charge in [-0.15, -0.1) is 0 Å². The molecule has 166 valence electrons. The summed E-state index contributed by atoms with van der Waals surface area (Å²) in [6, 6.07) is 25.3. The molecule has 33 heavy (non-hydrogen) atoms. The molecule has 0 aliphatic heterocycles. The first-order chi connectivity index (χ1) is 16.0. The van der Waals surface area contributed by atoms with Crippen molar-refractivity contribution >= 4 is 34.3 Å². The van der Waals surface area contributed by atoms with Crippen molar-refractivity contribution in [3.8, 4) is 5.75 Å². The summed E-state index contributed by atoms with van der Waals surface area (Å²) in [5.41, 5.74) is 2.83. The van der Waals surface area contributed by atoms with Crippen molar-refractivity contribution in [1.82, 2.24) is 9.88 Å². The number of urea groups is 1. The van der Waals surface area contributed by atoms with Gasteiger partial charge in [-0.3, -0.25) is 10.1 Å². The van der Waals surface area contributed by atoms with Crippen molar-refractivity contribution in [2.45, 2.75) is 6.54 Å². The molecule has 0 radical (unpaired) electrons. The van der Waals surface area contributed by atoms with Crippen molar-refractivity contribution in [2.24, 2.45) is 0 Å². The molecular weight excluding hydrogens is 416 g/mol. The second-order valence-corrected chi connectivity index (χ2v) is 7.56. The highest BCUT2D eigenvalue weighted by atomic mass is 16.5. The Morgan fingerprint density at radius 1 is 0.909 bits per heavy atom. The van der Waals surface area contributed by atoms with Crippen LogP contribution in [-0.2, 0) is 6.54 Å². The van der Waals surface area contributed by atoms with Crippen LogP contribution in [0.15, 0.2) is 84.9 Å². The number of benzene rings is 3. The maximum atomic E-state index is 13.0. The van der Waals surface area contributed by atoms with Gasteiger partial charge in [-0.25, -0.2) is 9.78 Å². The predicted octanol–water partition coefficient (Wildman–Crippen LogP) is 5.16. The van der Waals surface area contributed by atoms with E-state index in [0.717, 1.165) is 16.7 Å². The number of amides is 3. The van der Waals surface area contributed by atoms with Crippen molar-refractivity contribution in [3.63, 3.8) is 0 Å². The van der Waals surface area contributed by atoms with E-state index in [0.29, 0.717) is 29.1 Å². The minimum absolute atomic E-state index is 0.116. The van der Waals surface area contributed by atoms with Gasteiger partial charge in [0.25, 0.3) is 5.91 Å². The number of anilines is 2. The van der Waals surface area contributed by atoms with Gasteiger partial charge in [0.1, 0.15) is 11.6 Å². The van der Waals surface area contributed by atoms with Crippen LogP contribution in [-0.4, -0.2) is 36.0 Å². The van der Waals surface area contributed by atoms with E-state index >= 15 is 0 Å². The molecule has 3 aromatic carbocycles. The summed E-state index contributed by atoms with van der Waals surface area (Å²) in [5, 5.41) is 6.36. The average molecular weight is 441 g/mol. The maximum absolute atomic E-state index is 13.0. The Balaban J connectivity index is 1.46. The fourth-order valence-corrected chi connectivity index (χ4v) is 3.42. The number of methoxy groups -OCH3 is 1. The summed E-state index contributed by atoms with van der Waals surface area (Å²) >= 11 is 0. The monoisotopic (exact) mass is 440 g/mol. The summed E-state index contributed by atoms with van der Waals surface area (Å²) in [7, 11) is 3.38. The standard InChI is InChI=1S/C26H24N4O3/c1-30(17-18-8-13-22(33-2)14-9-18)25(31)20-11-10-19-12-15-24(28-23(19)16-20)29-26(32)27-21-6-4-3-5-7-21/h3-16H,17H2,1-2H3,(H2,27,28,29,32). The molecule has 0 bridgehead atoms. The summed E-state index contributed by atoms with van der Waals surface area (Å²) in [6.07, 6.45) is 0. The number of para-hydroxylation sites is 1. The number of carbonyl (C=O) groups excluding carboxylic acids is 2. The van der Waals surface area contributed by atoms with Gasteiger partial charge in [0.15, 0.2) is 0 Å². The molecule has 0 aliphatic carbocycles. The number of nitrogens with zero attached hydrogens (tertiary/aromatic N) is 2. The van der Waals surface area contributed by atoms with Gasteiger partial charge in [0.05, 0.1) is 12.6 Å². The SMILES string of the molecule is COc1ccc(CN(C)C(=O)c2ccc3ccc(NC(=O)Nc4ccccc4)nc3c2)cc1. The lowest BCUT2D eigenvalue weighted by Crippen LogP contribution is -2.26. The highest BCUT2D eigenvalue weighted by Gasteiger charge is 2.14. The van der Waals surface area contributed by atoms with Crippen molar-refractivity contribution in [2.75, 3.05) is 24.8 Å². The van der Waals surface area contributed by atoms with Crippen LogP contribution in [0.1, 0.15) is 15.9 Å². The van der Waals surface area contributed by atoms with Crippen LogP contribution in [0.5, 0.6) is 5.75 Å². The van der Waals surface area contributed by atoms with E-state index in [4.69, 9.17) is 4.74 Å². The number of rotatable bonds is 6. The molecule has 0 unspecified atom stereocenters. The summed E-state index contributed by atoms with van der Waals surface area (Å²) in [6.45, 7) is 0.468. The van der Waals surface area contributed by atoms with Gasteiger partial charge in [-0.05, 0) is 54.1 Å². The Bertz CT molecular complexity index is 1270. The molecule has 4 aromatic rings. The third kappa shape index (κ3) is 5.46. The molecular formula is C26H24N4O3. The van der Waals surface area contributed by atoms with Gasteiger partial charge in [0, 0.05) is 30.2 Å². The Morgan fingerprint density at radius 3 is 2.36 bits per heavy atom. The van der Waals surface area contributed by atoms with Crippen LogP contribution >= 0.6 is 0 Å². The molecule has 0 saturated carbocycles. The zero-order chi connectivity index (χ0) is 23.2. The lowest BCUT2D eigenvalue weighted by Gasteiger charge is -2.18. The van der Waals surface area contributed by atoms with Crippen LogP contribution in [0, 0.1) is 0 Å². The summed E-state index contributed by atoms with van der Waals surface area (Å²) in [4.78, 5) is 31.4. The second-order valence-electron chi connectivity index (χ2n) is 7.56. The van der Waals surface area contributed by atoms with Crippen LogP contribution in [0.2, 0.25) is 0 Å².